The van der Waals surface area contributed by atoms with Crippen LogP contribution in [0.15, 0.2) is 54.1 Å². The van der Waals surface area contributed by atoms with Gasteiger partial charge in [0, 0.05) is 24.2 Å². The summed E-state index contributed by atoms with van der Waals surface area (Å²) >= 11 is 0. The zero-order valence-electron chi connectivity index (χ0n) is 16.3. The van der Waals surface area contributed by atoms with Crippen molar-refractivity contribution in [2.24, 2.45) is 0 Å². The Morgan fingerprint density at radius 1 is 1.10 bits per heavy atom. The lowest BCUT2D eigenvalue weighted by Crippen LogP contribution is -2.30. The van der Waals surface area contributed by atoms with Crippen molar-refractivity contribution in [2.45, 2.75) is 32.7 Å². The van der Waals surface area contributed by atoms with Crippen molar-refractivity contribution < 1.29 is 19.6 Å². The maximum atomic E-state index is 12.8. The molecule has 0 spiro atoms. The number of rotatable bonds is 6. The van der Waals surface area contributed by atoms with E-state index in [2.05, 4.69) is 0 Å². The molecule has 2 aromatic rings. The van der Waals surface area contributed by atoms with E-state index in [0.717, 1.165) is 12.0 Å². The molecule has 150 valence electrons. The number of aliphatic hydroxyl groups excluding tert-OH is 1. The summed E-state index contributed by atoms with van der Waals surface area (Å²) in [5, 5.41) is 21.9. The molecule has 1 aliphatic rings. The van der Waals surface area contributed by atoms with Crippen LogP contribution in [0.3, 0.4) is 0 Å². The van der Waals surface area contributed by atoms with Gasteiger partial charge in [0.2, 0.25) is 0 Å². The molecule has 1 fully saturated rings. The molecule has 1 amide bonds. The van der Waals surface area contributed by atoms with E-state index in [1.807, 2.05) is 26.0 Å². The summed E-state index contributed by atoms with van der Waals surface area (Å²) in [6.45, 7) is 4.24. The Bertz CT molecular complexity index is 977. The van der Waals surface area contributed by atoms with Gasteiger partial charge in [0.05, 0.1) is 16.5 Å². The van der Waals surface area contributed by atoms with Crippen molar-refractivity contribution in [1.29, 1.82) is 0 Å². The van der Waals surface area contributed by atoms with Crippen LogP contribution in [0.5, 0.6) is 0 Å². The number of non-ortho nitro benzene ring substituents is 1. The first-order chi connectivity index (χ1) is 13.8. The smallest absolute Gasteiger partial charge is 0.295 e. The maximum Gasteiger partial charge on any atom is 0.295 e. The van der Waals surface area contributed by atoms with Crippen LogP contribution in [-0.4, -0.2) is 33.2 Å². The number of unbranched alkanes of at least 4 members (excludes halogenated alkanes) is 1. The number of carbonyl (C=O) groups excluding carboxylic acids is 2. The number of nitro benzene ring substituents is 1. The Kier molecular flexibility index (Phi) is 5.77. The topological polar surface area (TPSA) is 101 Å². The molecule has 0 aliphatic carbocycles. The van der Waals surface area contributed by atoms with Crippen molar-refractivity contribution in [2.75, 3.05) is 6.54 Å². The lowest BCUT2D eigenvalue weighted by atomic mass is 9.95. The average Bonchev–Trinajstić information content (AvgIpc) is 2.97. The van der Waals surface area contributed by atoms with Gasteiger partial charge in [-0.2, -0.15) is 0 Å². The molecule has 2 aromatic carbocycles. The van der Waals surface area contributed by atoms with E-state index in [-0.39, 0.29) is 17.0 Å². The molecular weight excluding hydrogens is 372 g/mol. The van der Waals surface area contributed by atoms with Crippen LogP contribution in [-0.2, 0) is 9.59 Å². The molecule has 1 unspecified atom stereocenters. The standard InChI is InChI=1S/C22H22N2O5/c1-3-4-13-23-19(15-9-11-17(12-10-15)24(28)29)18(21(26)22(23)27)20(25)16-7-5-14(2)6-8-16/h5-12,19,25H,3-4,13H2,1-2H3. The van der Waals surface area contributed by atoms with E-state index in [0.29, 0.717) is 24.1 Å². The summed E-state index contributed by atoms with van der Waals surface area (Å²) in [5.41, 5.74) is 1.90. The largest absolute Gasteiger partial charge is 0.507 e. The van der Waals surface area contributed by atoms with Gasteiger partial charge < -0.3 is 10.0 Å². The number of hydrogen-bond acceptors (Lipinski definition) is 5. The third-order valence-electron chi connectivity index (χ3n) is 5.04. The lowest BCUT2D eigenvalue weighted by Gasteiger charge is -2.25. The number of ketones is 1. The van der Waals surface area contributed by atoms with E-state index in [1.165, 1.54) is 29.2 Å². The summed E-state index contributed by atoms with van der Waals surface area (Å²) < 4.78 is 0. The van der Waals surface area contributed by atoms with Gasteiger partial charge in [-0.15, -0.1) is 0 Å². The molecular formula is C22H22N2O5. The highest BCUT2D eigenvalue weighted by Gasteiger charge is 2.45. The van der Waals surface area contributed by atoms with Crippen LogP contribution in [0.1, 0.15) is 42.5 Å². The molecule has 1 N–H and O–H groups in total. The third-order valence-corrected chi connectivity index (χ3v) is 5.04. The quantitative estimate of drug-likeness (QED) is 0.261. The Morgan fingerprint density at radius 2 is 1.72 bits per heavy atom. The maximum absolute atomic E-state index is 12.8. The van der Waals surface area contributed by atoms with E-state index in [4.69, 9.17) is 0 Å². The van der Waals surface area contributed by atoms with Crippen molar-refractivity contribution in [3.05, 3.63) is 80.9 Å². The van der Waals surface area contributed by atoms with E-state index >= 15 is 0 Å². The zero-order chi connectivity index (χ0) is 21.1. The van der Waals surface area contributed by atoms with Gasteiger partial charge in [0.25, 0.3) is 17.4 Å². The Balaban J connectivity index is 2.14. The number of benzene rings is 2. The molecule has 7 heteroatoms. The minimum Gasteiger partial charge on any atom is -0.507 e. The zero-order valence-corrected chi connectivity index (χ0v) is 16.3. The van der Waals surface area contributed by atoms with Crippen molar-refractivity contribution in [3.8, 4) is 0 Å². The molecule has 7 nitrogen and oxygen atoms in total. The number of likely N-dealkylation sites (tertiary alicyclic amines) is 1. The van der Waals surface area contributed by atoms with Gasteiger partial charge >= 0.3 is 0 Å². The average molecular weight is 394 g/mol. The fourth-order valence-electron chi connectivity index (χ4n) is 3.43. The third kappa shape index (κ3) is 3.89. The highest BCUT2D eigenvalue weighted by Crippen LogP contribution is 2.39. The summed E-state index contributed by atoms with van der Waals surface area (Å²) in [5.74, 6) is -1.66. The van der Waals surface area contributed by atoms with Crippen molar-refractivity contribution in [1.82, 2.24) is 4.90 Å². The van der Waals surface area contributed by atoms with Crippen LogP contribution < -0.4 is 0 Å². The highest BCUT2D eigenvalue weighted by molar-refractivity contribution is 6.46. The number of aliphatic hydroxyl groups is 1. The molecule has 0 bridgehead atoms. The van der Waals surface area contributed by atoms with Crippen molar-refractivity contribution in [3.63, 3.8) is 0 Å². The van der Waals surface area contributed by atoms with Crippen LogP contribution >= 0.6 is 0 Å². The number of amides is 1. The predicted octanol–water partition coefficient (Wildman–Crippen LogP) is 4.13. The van der Waals surface area contributed by atoms with E-state index in [1.54, 1.807) is 12.1 Å². The van der Waals surface area contributed by atoms with E-state index in [9.17, 15) is 24.8 Å². The molecule has 3 rings (SSSR count). The Hall–Kier alpha value is -3.48. The molecule has 29 heavy (non-hydrogen) atoms. The number of nitro groups is 1. The monoisotopic (exact) mass is 394 g/mol. The molecule has 1 aliphatic heterocycles. The predicted molar refractivity (Wildman–Crippen MR) is 108 cm³/mol. The number of hydrogen-bond donors (Lipinski definition) is 1. The fraction of sp³-hybridized carbons (Fsp3) is 0.273. The summed E-state index contributed by atoms with van der Waals surface area (Å²) in [4.78, 5) is 37.4. The molecule has 1 saturated heterocycles. The van der Waals surface area contributed by atoms with Gasteiger partial charge in [-0.1, -0.05) is 43.2 Å². The van der Waals surface area contributed by atoms with Crippen LogP contribution in [0.4, 0.5) is 5.69 Å². The molecule has 1 atom stereocenters. The number of aryl methyl sites for hydroxylation is 1. The second-order valence-electron chi connectivity index (χ2n) is 7.06. The van der Waals surface area contributed by atoms with Gasteiger partial charge in [0.1, 0.15) is 5.76 Å². The van der Waals surface area contributed by atoms with Crippen LogP contribution in [0.25, 0.3) is 5.76 Å². The Morgan fingerprint density at radius 3 is 2.28 bits per heavy atom. The molecule has 0 aromatic heterocycles. The van der Waals surface area contributed by atoms with Gasteiger partial charge in [0.15, 0.2) is 0 Å². The summed E-state index contributed by atoms with van der Waals surface area (Å²) in [6.07, 6.45) is 1.52. The SMILES string of the molecule is CCCCN1C(=O)C(=O)C(=C(O)c2ccc(C)cc2)C1c1ccc([N+](=O)[O-])cc1. The summed E-state index contributed by atoms with van der Waals surface area (Å²) in [7, 11) is 0. The van der Waals surface area contributed by atoms with Gasteiger partial charge in [-0.25, -0.2) is 0 Å². The first-order valence-electron chi connectivity index (χ1n) is 9.45. The van der Waals surface area contributed by atoms with Crippen LogP contribution in [0.2, 0.25) is 0 Å². The normalized spacial score (nSPS) is 18.3. The van der Waals surface area contributed by atoms with Crippen molar-refractivity contribution >= 4 is 23.1 Å². The Labute approximate surface area is 168 Å². The fourth-order valence-corrected chi connectivity index (χ4v) is 3.43. The second kappa shape index (κ2) is 8.26. The minimum absolute atomic E-state index is 0.00353. The second-order valence-corrected chi connectivity index (χ2v) is 7.06. The highest BCUT2D eigenvalue weighted by atomic mass is 16.6. The van der Waals surface area contributed by atoms with Crippen LogP contribution in [0, 0.1) is 17.0 Å². The molecule has 0 radical (unpaired) electrons. The first kappa shape index (κ1) is 20.3. The summed E-state index contributed by atoms with van der Waals surface area (Å²) in [6, 6.07) is 11.9. The molecule has 0 saturated carbocycles. The first-order valence-corrected chi connectivity index (χ1v) is 9.45. The number of nitrogens with zero attached hydrogens (tertiary/aromatic N) is 2. The van der Waals surface area contributed by atoms with Gasteiger partial charge in [-0.05, 0) is 31.0 Å². The lowest BCUT2D eigenvalue weighted by molar-refractivity contribution is -0.384. The van der Waals surface area contributed by atoms with E-state index < -0.39 is 22.7 Å². The molecule has 1 heterocycles. The van der Waals surface area contributed by atoms with Gasteiger partial charge in [-0.3, -0.25) is 19.7 Å². The number of carbonyl (C=O) groups is 2. The minimum atomic E-state index is -0.788. The number of Topliss-reactive ketones (excluding diaryl/α,β-unsaturated/α-hetero) is 1.